The van der Waals surface area contributed by atoms with Crippen molar-refractivity contribution in [2.24, 2.45) is 0 Å². The van der Waals surface area contributed by atoms with Gasteiger partial charge in [0, 0.05) is 35.1 Å². The van der Waals surface area contributed by atoms with Gasteiger partial charge in [-0.3, -0.25) is 9.69 Å². The van der Waals surface area contributed by atoms with Gasteiger partial charge in [0.15, 0.2) is 0 Å². The van der Waals surface area contributed by atoms with Gasteiger partial charge >= 0.3 is 6.09 Å². The van der Waals surface area contributed by atoms with Gasteiger partial charge < -0.3 is 15.0 Å². The molecule has 6 nitrogen and oxygen atoms in total. The van der Waals surface area contributed by atoms with E-state index in [1.165, 1.54) is 0 Å². The molecule has 2 rings (SSSR count). The van der Waals surface area contributed by atoms with Crippen LogP contribution >= 0.6 is 31.9 Å². The smallest absolute Gasteiger partial charge is 0.410 e. The zero-order valence-corrected chi connectivity index (χ0v) is 18.7. The molecule has 1 atom stereocenters. The molecular formula is C18H25Br2N3O3. The third kappa shape index (κ3) is 5.96. The predicted octanol–water partition coefficient (Wildman–Crippen LogP) is 4.09. The summed E-state index contributed by atoms with van der Waals surface area (Å²) in [4.78, 5) is 28.5. The molecule has 1 saturated heterocycles. The first-order chi connectivity index (χ1) is 12.1. The number of halogens is 2. The lowest BCUT2D eigenvalue weighted by Crippen LogP contribution is -2.54. The van der Waals surface area contributed by atoms with Gasteiger partial charge in [0.05, 0.1) is 11.7 Å². The van der Waals surface area contributed by atoms with Gasteiger partial charge in [-0.05, 0) is 61.8 Å². The lowest BCUT2D eigenvalue weighted by atomic mass is 10.2. The Balaban J connectivity index is 1.88. The molecule has 1 aliphatic rings. The van der Waals surface area contributed by atoms with Crippen molar-refractivity contribution in [2.75, 3.05) is 31.5 Å². The molecule has 2 amide bonds. The molecule has 0 radical (unpaired) electrons. The molecular weight excluding hydrogens is 466 g/mol. The fraction of sp³-hybridized carbons (Fsp3) is 0.556. The third-order valence-corrected chi connectivity index (χ3v) is 5.23. The Hall–Kier alpha value is -1.12. The minimum absolute atomic E-state index is 0.0706. The highest BCUT2D eigenvalue weighted by Crippen LogP contribution is 2.26. The van der Waals surface area contributed by atoms with Crippen LogP contribution in [0.15, 0.2) is 27.1 Å². The molecule has 1 aromatic rings. The van der Waals surface area contributed by atoms with E-state index in [0.717, 1.165) is 14.6 Å². The zero-order chi connectivity index (χ0) is 19.5. The lowest BCUT2D eigenvalue weighted by Gasteiger charge is -2.37. The van der Waals surface area contributed by atoms with Crippen LogP contribution in [0, 0.1) is 0 Å². The number of anilines is 1. The number of nitrogens with one attached hydrogen (secondary N) is 1. The average molecular weight is 491 g/mol. The van der Waals surface area contributed by atoms with E-state index in [2.05, 4.69) is 42.1 Å². The quantitative estimate of drug-likeness (QED) is 0.693. The third-order valence-electron chi connectivity index (χ3n) is 4.08. The fourth-order valence-corrected chi connectivity index (χ4v) is 3.76. The summed E-state index contributed by atoms with van der Waals surface area (Å²) in [7, 11) is 0. The molecule has 1 aliphatic heterocycles. The highest BCUT2D eigenvalue weighted by Gasteiger charge is 2.29. The van der Waals surface area contributed by atoms with E-state index in [4.69, 9.17) is 4.74 Å². The van der Waals surface area contributed by atoms with Crippen molar-refractivity contribution in [3.63, 3.8) is 0 Å². The number of piperazine rings is 1. The molecule has 0 spiro atoms. The second-order valence-corrected chi connectivity index (χ2v) is 9.06. The molecule has 26 heavy (non-hydrogen) atoms. The Morgan fingerprint density at radius 2 is 1.77 bits per heavy atom. The second kappa shape index (κ2) is 8.71. The normalized spacial score (nSPS) is 16.9. The van der Waals surface area contributed by atoms with Crippen LogP contribution in [0.2, 0.25) is 0 Å². The molecule has 0 bridgehead atoms. The number of ether oxygens (including phenoxy) is 1. The van der Waals surface area contributed by atoms with Crippen LogP contribution in [0.4, 0.5) is 10.5 Å². The van der Waals surface area contributed by atoms with E-state index in [1.807, 2.05) is 45.9 Å². The Morgan fingerprint density at radius 3 is 2.31 bits per heavy atom. The maximum absolute atomic E-state index is 12.6. The van der Waals surface area contributed by atoms with Crippen LogP contribution in [0.25, 0.3) is 0 Å². The monoisotopic (exact) mass is 489 g/mol. The number of nitrogens with zero attached hydrogens (tertiary/aromatic N) is 2. The summed E-state index contributed by atoms with van der Waals surface area (Å²) in [6.07, 6.45) is -0.298. The van der Waals surface area contributed by atoms with Crippen LogP contribution in [-0.4, -0.2) is 59.6 Å². The van der Waals surface area contributed by atoms with Gasteiger partial charge in [-0.2, -0.15) is 0 Å². The van der Waals surface area contributed by atoms with Crippen molar-refractivity contribution in [3.05, 3.63) is 27.1 Å². The molecule has 1 fully saturated rings. The minimum atomic E-state index is -0.501. The molecule has 0 aromatic heterocycles. The summed E-state index contributed by atoms with van der Waals surface area (Å²) in [6.45, 7) is 9.81. The van der Waals surface area contributed by atoms with Gasteiger partial charge in [0.1, 0.15) is 5.60 Å². The molecule has 1 unspecified atom stereocenters. The van der Waals surface area contributed by atoms with E-state index >= 15 is 0 Å². The maximum Gasteiger partial charge on any atom is 0.410 e. The number of carbonyl (C=O) groups excluding carboxylic acids is 2. The summed E-state index contributed by atoms with van der Waals surface area (Å²) in [5.74, 6) is -0.0706. The fourth-order valence-electron chi connectivity index (χ4n) is 2.61. The highest BCUT2D eigenvalue weighted by molar-refractivity contribution is 9.11. The van der Waals surface area contributed by atoms with Crippen LogP contribution in [0.3, 0.4) is 0 Å². The average Bonchev–Trinajstić information content (AvgIpc) is 2.55. The second-order valence-electron chi connectivity index (χ2n) is 7.29. The van der Waals surface area contributed by atoms with Crippen LogP contribution < -0.4 is 5.32 Å². The molecule has 0 saturated carbocycles. The summed E-state index contributed by atoms with van der Waals surface area (Å²) < 4.78 is 7.16. The number of rotatable bonds is 3. The number of benzene rings is 1. The summed E-state index contributed by atoms with van der Waals surface area (Å²) in [5.41, 5.74) is 0.233. The van der Waals surface area contributed by atoms with E-state index in [-0.39, 0.29) is 18.0 Å². The first kappa shape index (κ1) is 21.2. The largest absolute Gasteiger partial charge is 0.444 e. The Kier molecular flexibility index (Phi) is 7.10. The zero-order valence-electron chi connectivity index (χ0n) is 15.5. The number of amides is 2. The Labute approximate surface area is 171 Å². The molecule has 0 aliphatic carbocycles. The maximum atomic E-state index is 12.6. The SMILES string of the molecule is CC(C(=O)Nc1ccc(Br)cc1Br)N1CCN(C(=O)OC(C)(C)C)CC1. The van der Waals surface area contributed by atoms with Crippen LogP contribution in [0.5, 0.6) is 0 Å². The minimum Gasteiger partial charge on any atom is -0.444 e. The highest BCUT2D eigenvalue weighted by atomic mass is 79.9. The molecule has 144 valence electrons. The van der Waals surface area contributed by atoms with E-state index in [0.29, 0.717) is 26.2 Å². The van der Waals surface area contributed by atoms with E-state index in [1.54, 1.807) is 4.90 Å². The summed E-state index contributed by atoms with van der Waals surface area (Å²) in [5, 5.41) is 2.95. The van der Waals surface area contributed by atoms with Crippen molar-refractivity contribution in [2.45, 2.75) is 39.3 Å². The van der Waals surface area contributed by atoms with E-state index in [9.17, 15) is 9.59 Å². The van der Waals surface area contributed by atoms with Gasteiger partial charge in [0.2, 0.25) is 5.91 Å². The van der Waals surface area contributed by atoms with Gasteiger partial charge in [-0.1, -0.05) is 15.9 Å². The lowest BCUT2D eigenvalue weighted by molar-refractivity contribution is -0.121. The number of hydrogen-bond acceptors (Lipinski definition) is 4. The van der Waals surface area contributed by atoms with Crippen molar-refractivity contribution in [1.82, 2.24) is 9.80 Å². The van der Waals surface area contributed by atoms with Crippen LogP contribution in [-0.2, 0) is 9.53 Å². The first-order valence-corrected chi connectivity index (χ1v) is 10.1. The summed E-state index contributed by atoms with van der Waals surface area (Å²) >= 11 is 6.85. The van der Waals surface area contributed by atoms with Crippen molar-refractivity contribution in [3.8, 4) is 0 Å². The first-order valence-electron chi connectivity index (χ1n) is 8.55. The van der Waals surface area contributed by atoms with Gasteiger partial charge in [-0.15, -0.1) is 0 Å². The van der Waals surface area contributed by atoms with Gasteiger partial charge in [-0.25, -0.2) is 4.79 Å². The standard InChI is InChI=1S/C18H25Br2N3O3/c1-12(16(24)21-15-6-5-13(19)11-14(15)20)22-7-9-23(10-8-22)17(25)26-18(2,3)4/h5-6,11-12H,7-10H2,1-4H3,(H,21,24). The van der Waals surface area contributed by atoms with Crippen molar-refractivity contribution in [1.29, 1.82) is 0 Å². The number of hydrogen-bond donors (Lipinski definition) is 1. The molecule has 1 heterocycles. The molecule has 1 N–H and O–H groups in total. The topological polar surface area (TPSA) is 61.9 Å². The Morgan fingerprint density at radius 1 is 1.15 bits per heavy atom. The Bertz CT molecular complexity index is 668. The van der Waals surface area contributed by atoms with Crippen molar-refractivity contribution < 1.29 is 14.3 Å². The van der Waals surface area contributed by atoms with Crippen molar-refractivity contribution >= 4 is 49.5 Å². The predicted molar refractivity (Wildman–Crippen MR) is 109 cm³/mol. The number of carbonyl (C=O) groups is 2. The van der Waals surface area contributed by atoms with Crippen LogP contribution in [0.1, 0.15) is 27.7 Å². The molecule has 8 heteroatoms. The molecule has 1 aromatic carbocycles. The van der Waals surface area contributed by atoms with E-state index < -0.39 is 5.60 Å². The summed E-state index contributed by atoms with van der Waals surface area (Å²) in [6, 6.07) is 5.33. The van der Waals surface area contributed by atoms with Gasteiger partial charge in [0.25, 0.3) is 0 Å².